The molecule has 1 aliphatic heterocycles. The number of likely N-dealkylation sites (tertiary alicyclic amines) is 1. The number of carbonyl (C=O) groups excluding carboxylic acids is 2. The molecule has 5 aliphatic carbocycles. The first-order valence-corrected chi connectivity index (χ1v) is 11.9. The maximum absolute atomic E-state index is 13.4. The van der Waals surface area contributed by atoms with Crippen LogP contribution in [0.25, 0.3) is 0 Å². The molecule has 0 spiro atoms. The molecule has 30 heavy (non-hydrogen) atoms. The SMILES string of the molecule is N[C@H](C(=O)N1CCC2CC21)C12CC3CC(CC(NC(=O)Cc4ccccc4)(C3)C1)C2. The van der Waals surface area contributed by atoms with Crippen LogP contribution in [0.1, 0.15) is 56.9 Å². The van der Waals surface area contributed by atoms with Crippen LogP contribution in [0, 0.1) is 23.2 Å². The van der Waals surface area contributed by atoms with Gasteiger partial charge >= 0.3 is 0 Å². The maximum Gasteiger partial charge on any atom is 0.240 e. The molecule has 0 radical (unpaired) electrons. The number of benzene rings is 1. The van der Waals surface area contributed by atoms with Crippen molar-refractivity contribution in [3.05, 3.63) is 35.9 Å². The van der Waals surface area contributed by atoms with Crippen LogP contribution in [0.3, 0.4) is 0 Å². The Kier molecular flexibility index (Phi) is 4.12. The van der Waals surface area contributed by atoms with Gasteiger partial charge in [0, 0.05) is 18.1 Å². The monoisotopic (exact) mass is 407 g/mol. The number of hydrogen-bond donors (Lipinski definition) is 2. The molecule has 7 rings (SSSR count). The summed E-state index contributed by atoms with van der Waals surface area (Å²) < 4.78 is 0. The fraction of sp³-hybridized carbons (Fsp3) is 0.680. The van der Waals surface area contributed by atoms with Crippen molar-refractivity contribution in [3.63, 3.8) is 0 Å². The molecule has 1 aromatic carbocycles. The van der Waals surface area contributed by atoms with E-state index < -0.39 is 6.04 Å². The minimum atomic E-state index is -0.409. The van der Waals surface area contributed by atoms with Crippen molar-refractivity contribution in [1.82, 2.24) is 10.2 Å². The number of nitrogens with one attached hydrogen (secondary N) is 1. The second-order valence-electron chi connectivity index (χ2n) is 11.2. The number of hydrogen-bond acceptors (Lipinski definition) is 3. The van der Waals surface area contributed by atoms with E-state index in [1.54, 1.807) is 0 Å². The molecule has 5 nitrogen and oxygen atoms in total. The van der Waals surface area contributed by atoms with E-state index in [4.69, 9.17) is 5.73 Å². The number of nitrogens with two attached hydrogens (primary N) is 1. The lowest BCUT2D eigenvalue weighted by Gasteiger charge is -2.63. The van der Waals surface area contributed by atoms with E-state index in [1.165, 1.54) is 12.8 Å². The van der Waals surface area contributed by atoms with Crippen LogP contribution in [0.2, 0.25) is 0 Å². The molecular formula is C25H33N3O2. The lowest BCUT2D eigenvalue weighted by molar-refractivity contribution is -0.147. The molecule has 6 fully saturated rings. The van der Waals surface area contributed by atoms with Crippen LogP contribution < -0.4 is 11.1 Å². The van der Waals surface area contributed by atoms with Crippen molar-refractivity contribution in [2.24, 2.45) is 28.9 Å². The first kappa shape index (κ1) is 18.9. The summed E-state index contributed by atoms with van der Waals surface area (Å²) >= 11 is 0. The summed E-state index contributed by atoms with van der Waals surface area (Å²) in [5, 5.41) is 3.46. The molecule has 5 heteroatoms. The zero-order chi connectivity index (χ0) is 20.5. The van der Waals surface area contributed by atoms with E-state index in [0.717, 1.165) is 56.6 Å². The van der Waals surface area contributed by atoms with Gasteiger partial charge in [0.15, 0.2) is 0 Å². The maximum atomic E-state index is 13.4. The second kappa shape index (κ2) is 6.56. The fourth-order valence-electron chi connectivity index (χ4n) is 8.07. The largest absolute Gasteiger partial charge is 0.350 e. The van der Waals surface area contributed by atoms with E-state index in [-0.39, 0.29) is 22.8 Å². The summed E-state index contributed by atoms with van der Waals surface area (Å²) in [5.41, 5.74) is 7.54. The summed E-state index contributed by atoms with van der Waals surface area (Å²) in [6, 6.07) is 10.0. The number of rotatable bonds is 5. The van der Waals surface area contributed by atoms with Crippen LogP contribution in [0.5, 0.6) is 0 Å². The number of nitrogens with zero attached hydrogens (tertiary/aromatic N) is 1. The normalized spacial score (nSPS) is 41.4. The van der Waals surface area contributed by atoms with Gasteiger partial charge in [-0.3, -0.25) is 9.59 Å². The van der Waals surface area contributed by atoms with E-state index in [9.17, 15) is 9.59 Å². The molecule has 5 saturated carbocycles. The lowest BCUT2D eigenvalue weighted by atomic mass is 9.45. The Morgan fingerprint density at radius 2 is 1.83 bits per heavy atom. The molecule has 160 valence electrons. The van der Waals surface area contributed by atoms with Gasteiger partial charge in [-0.05, 0) is 80.1 Å². The van der Waals surface area contributed by atoms with Gasteiger partial charge in [-0.15, -0.1) is 0 Å². The molecule has 3 N–H and O–H groups in total. The van der Waals surface area contributed by atoms with E-state index in [1.807, 2.05) is 30.3 Å². The zero-order valence-corrected chi connectivity index (χ0v) is 17.7. The predicted molar refractivity (Wildman–Crippen MR) is 114 cm³/mol. The van der Waals surface area contributed by atoms with Crippen LogP contribution >= 0.6 is 0 Å². The summed E-state index contributed by atoms with van der Waals surface area (Å²) in [7, 11) is 0. The van der Waals surface area contributed by atoms with Crippen LogP contribution in [-0.2, 0) is 16.0 Å². The Morgan fingerprint density at radius 1 is 1.10 bits per heavy atom. The molecule has 2 amide bonds. The number of fused-ring (bicyclic) bond motifs is 1. The van der Waals surface area contributed by atoms with Gasteiger partial charge in [0.2, 0.25) is 11.8 Å². The third-order valence-corrected chi connectivity index (χ3v) is 8.95. The highest BCUT2D eigenvalue weighted by atomic mass is 16.2. The quantitative estimate of drug-likeness (QED) is 0.788. The van der Waals surface area contributed by atoms with Gasteiger partial charge in [0.25, 0.3) is 0 Å². The summed E-state index contributed by atoms with van der Waals surface area (Å²) in [5.74, 6) is 2.22. The Morgan fingerprint density at radius 3 is 2.47 bits per heavy atom. The smallest absolute Gasteiger partial charge is 0.240 e. The first-order chi connectivity index (χ1) is 14.5. The molecule has 6 aliphatic rings. The first-order valence-electron chi connectivity index (χ1n) is 11.9. The van der Waals surface area contributed by atoms with Crippen molar-refractivity contribution < 1.29 is 9.59 Å². The Bertz CT molecular complexity index is 854. The third-order valence-electron chi connectivity index (χ3n) is 8.95. The summed E-state index contributed by atoms with van der Waals surface area (Å²) in [6.45, 7) is 0.893. The van der Waals surface area contributed by atoms with Gasteiger partial charge in [-0.1, -0.05) is 30.3 Å². The molecule has 1 heterocycles. The summed E-state index contributed by atoms with van der Waals surface area (Å²) in [4.78, 5) is 28.4. The highest BCUT2D eigenvalue weighted by molar-refractivity contribution is 5.84. The standard InChI is InChI=1S/C25H33N3O2/c26-22(23(30)28-7-6-19-10-20(19)28)24-11-17-8-18(12-24)14-25(13-17,15-24)27-21(29)9-16-4-2-1-3-5-16/h1-5,17-20,22H,6-15,26H2,(H,27,29)/t17?,18?,19?,20?,22-,24?,25?/m1/s1. The molecular weight excluding hydrogens is 374 g/mol. The van der Waals surface area contributed by atoms with E-state index in [0.29, 0.717) is 24.3 Å². The van der Waals surface area contributed by atoms with Gasteiger partial charge in [0.1, 0.15) is 0 Å². The number of carbonyl (C=O) groups is 2. The Balaban J connectivity index is 1.21. The van der Waals surface area contributed by atoms with Crippen molar-refractivity contribution in [3.8, 4) is 0 Å². The summed E-state index contributed by atoms with van der Waals surface area (Å²) in [6.07, 6.45) is 9.12. The van der Waals surface area contributed by atoms with Crippen molar-refractivity contribution in [2.45, 2.75) is 75.4 Å². The molecule has 4 bridgehead atoms. The van der Waals surface area contributed by atoms with Crippen molar-refractivity contribution in [1.29, 1.82) is 0 Å². The van der Waals surface area contributed by atoms with Gasteiger partial charge < -0.3 is 16.0 Å². The average Bonchev–Trinajstić information content (AvgIpc) is 3.35. The highest BCUT2D eigenvalue weighted by Gasteiger charge is 2.62. The van der Waals surface area contributed by atoms with Gasteiger partial charge in [-0.2, -0.15) is 0 Å². The van der Waals surface area contributed by atoms with Crippen molar-refractivity contribution >= 4 is 11.8 Å². The molecule has 0 aromatic heterocycles. The molecule has 4 unspecified atom stereocenters. The number of piperidine rings is 1. The molecule has 1 aromatic rings. The van der Waals surface area contributed by atoms with E-state index in [2.05, 4.69) is 10.2 Å². The minimum Gasteiger partial charge on any atom is -0.350 e. The van der Waals surface area contributed by atoms with Crippen LogP contribution in [0.4, 0.5) is 0 Å². The average molecular weight is 408 g/mol. The van der Waals surface area contributed by atoms with Crippen LogP contribution in [0.15, 0.2) is 30.3 Å². The Labute approximate surface area is 178 Å². The molecule has 1 saturated heterocycles. The highest BCUT2D eigenvalue weighted by Crippen LogP contribution is 2.63. The third kappa shape index (κ3) is 3.00. The van der Waals surface area contributed by atoms with Crippen molar-refractivity contribution in [2.75, 3.05) is 6.54 Å². The fourth-order valence-corrected chi connectivity index (χ4v) is 8.07. The van der Waals surface area contributed by atoms with Gasteiger partial charge in [-0.25, -0.2) is 0 Å². The Hall–Kier alpha value is -1.88. The predicted octanol–water partition coefficient (Wildman–Crippen LogP) is 2.63. The van der Waals surface area contributed by atoms with E-state index >= 15 is 0 Å². The minimum absolute atomic E-state index is 0.110. The second-order valence-corrected chi connectivity index (χ2v) is 11.2. The zero-order valence-electron chi connectivity index (χ0n) is 17.7. The lowest BCUT2D eigenvalue weighted by Crippen LogP contribution is -2.68. The van der Waals surface area contributed by atoms with Crippen LogP contribution in [-0.4, -0.2) is 40.9 Å². The number of amides is 2. The van der Waals surface area contributed by atoms with Gasteiger partial charge in [0.05, 0.1) is 12.5 Å². The molecule has 5 atom stereocenters. The topological polar surface area (TPSA) is 75.4 Å².